The third-order valence-corrected chi connectivity index (χ3v) is 4.20. The van der Waals surface area contributed by atoms with Gasteiger partial charge >= 0.3 is 0 Å². The highest BCUT2D eigenvalue weighted by atomic mass is 35.5. The molecule has 0 amide bonds. The van der Waals surface area contributed by atoms with Crippen molar-refractivity contribution in [1.29, 1.82) is 0 Å². The largest absolute Gasteiger partial charge is 0.348 e. The van der Waals surface area contributed by atoms with E-state index >= 15 is 0 Å². The molecule has 2 heterocycles. The van der Waals surface area contributed by atoms with Crippen LogP contribution in [0.25, 0.3) is 0 Å². The standard InChI is InChI=1S/C13H18ClN3O2/c1-17(12-15-8-10(14)9-16-12)11-2-4-13(5-3-11)18-6-7-19-13/h8-9,11H,2-7H2,1H3. The monoisotopic (exact) mass is 283 g/mol. The van der Waals surface area contributed by atoms with Gasteiger partial charge in [-0.1, -0.05) is 11.6 Å². The highest BCUT2D eigenvalue weighted by molar-refractivity contribution is 6.30. The minimum Gasteiger partial charge on any atom is -0.348 e. The van der Waals surface area contributed by atoms with E-state index in [9.17, 15) is 0 Å². The average molecular weight is 284 g/mol. The first kappa shape index (κ1) is 13.1. The second-order valence-corrected chi connectivity index (χ2v) is 5.59. The number of hydrogen-bond acceptors (Lipinski definition) is 5. The molecule has 1 aromatic rings. The first-order valence-electron chi connectivity index (χ1n) is 6.67. The maximum atomic E-state index is 5.81. The summed E-state index contributed by atoms with van der Waals surface area (Å²) in [5, 5.41) is 0.563. The van der Waals surface area contributed by atoms with Gasteiger partial charge in [0.15, 0.2) is 5.79 Å². The quantitative estimate of drug-likeness (QED) is 0.833. The van der Waals surface area contributed by atoms with Crippen molar-refractivity contribution in [2.75, 3.05) is 25.2 Å². The Kier molecular flexibility index (Phi) is 3.60. The number of anilines is 1. The van der Waals surface area contributed by atoms with Gasteiger partial charge in [-0.3, -0.25) is 0 Å². The second-order valence-electron chi connectivity index (χ2n) is 5.15. The van der Waals surface area contributed by atoms with Crippen molar-refractivity contribution >= 4 is 17.5 Å². The highest BCUT2D eigenvalue weighted by Crippen LogP contribution is 2.37. The fourth-order valence-electron chi connectivity index (χ4n) is 2.87. The summed E-state index contributed by atoms with van der Waals surface area (Å²) in [7, 11) is 2.03. The Morgan fingerprint density at radius 3 is 2.37 bits per heavy atom. The van der Waals surface area contributed by atoms with Crippen LogP contribution >= 0.6 is 11.6 Å². The Labute approximate surface area is 117 Å². The highest BCUT2D eigenvalue weighted by Gasteiger charge is 2.41. The predicted molar refractivity (Wildman–Crippen MR) is 72.3 cm³/mol. The van der Waals surface area contributed by atoms with E-state index in [1.54, 1.807) is 12.4 Å². The zero-order valence-corrected chi connectivity index (χ0v) is 11.8. The average Bonchev–Trinajstić information content (AvgIpc) is 2.88. The van der Waals surface area contributed by atoms with Crippen LogP contribution in [0.4, 0.5) is 5.95 Å². The van der Waals surface area contributed by atoms with Gasteiger partial charge in [-0.25, -0.2) is 9.97 Å². The van der Waals surface area contributed by atoms with Gasteiger partial charge in [-0.05, 0) is 12.8 Å². The lowest BCUT2D eigenvalue weighted by molar-refractivity contribution is -0.178. The molecule has 0 radical (unpaired) electrons. The number of aromatic nitrogens is 2. The Morgan fingerprint density at radius 1 is 1.21 bits per heavy atom. The van der Waals surface area contributed by atoms with Crippen LogP contribution in [0.5, 0.6) is 0 Å². The molecule has 2 aliphatic rings. The van der Waals surface area contributed by atoms with Gasteiger partial charge in [0.1, 0.15) is 0 Å². The smallest absolute Gasteiger partial charge is 0.225 e. The van der Waals surface area contributed by atoms with Gasteiger partial charge < -0.3 is 14.4 Å². The van der Waals surface area contributed by atoms with E-state index in [0.29, 0.717) is 11.1 Å². The zero-order chi connectivity index (χ0) is 13.3. The molecule has 6 heteroatoms. The van der Waals surface area contributed by atoms with Crippen molar-refractivity contribution in [3.8, 4) is 0 Å². The summed E-state index contributed by atoms with van der Waals surface area (Å²) in [6.07, 6.45) is 7.21. The summed E-state index contributed by atoms with van der Waals surface area (Å²) in [6, 6.07) is 0.430. The molecule has 1 saturated carbocycles. The van der Waals surface area contributed by atoms with E-state index in [1.165, 1.54) is 0 Å². The van der Waals surface area contributed by atoms with Gasteiger partial charge in [0.05, 0.1) is 30.6 Å². The lowest BCUT2D eigenvalue weighted by atomic mass is 9.89. The van der Waals surface area contributed by atoms with E-state index in [4.69, 9.17) is 21.1 Å². The van der Waals surface area contributed by atoms with Crippen LogP contribution < -0.4 is 4.90 Å². The van der Waals surface area contributed by atoms with E-state index in [-0.39, 0.29) is 5.79 Å². The van der Waals surface area contributed by atoms with Gasteiger partial charge in [0.25, 0.3) is 0 Å². The van der Waals surface area contributed by atoms with Gasteiger partial charge in [-0.15, -0.1) is 0 Å². The molecule has 1 aliphatic carbocycles. The number of hydrogen-bond donors (Lipinski definition) is 0. The SMILES string of the molecule is CN(c1ncc(Cl)cn1)C1CCC2(CC1)OCCO2. The fraction of sp³-hybridized carbons (Fsp3) is 0.692. The molecule has 1 aliphatic heterocycles. The Morgan fingerprint density at radius 2 is 1.79 bits per heavy atom. The maximum Gasteiger partial charge on any atom is 0.225 e. The summed E-state index contributed by atoms with van der Waals surface area (Å²) in [5.41, 5.74) is 0. The van der Waals surface area contributed by atoms with Crippen LogP contribution in [0, 0.1) is 0 Å². The Balaban J connectivity index is 1.63. The van der Waals surface area contributed by atoms with Gasteiger partial charge in [-0.2, -0.15) is 0 Å². The molecule has 0 bridgehead atoms. The summed E-state index contributed by atoms with van der Waals surface area (Å²) >= 11 is 5.81. The van der Waals surface area contributed by atoms with Crippen LogP contribution in [-0.4, -0.2) is 42.1 Å². The molecule has 104 valence electrons. The molecule has 19 heavy (non-hydrogen) atoms. The van der Waals surface area contributed by atoms with E-state index in [1.807, 2.05) is 7.05 Å². The molecular formula is C13H18ClN3O2. The summed E-state index contributed by atoms with van der Waals surface area (Å²) in [4.78, 5) is 10.6. The van der Waals surface area contributed by atoms with Crippen molar-refractivity contribution in [1.82, 2.24) is 9.97 Å². The van der Waals surface area contributed by atoms with E-state index in [2.05, 4.69) is 14.9 Å². The molecule has 1 spiro atoms. The van der Waals surface area contributed by atoms with Crippen LogP contribution in [0.3, 0.4) is 0 Å². The van der Waals surface area contributed by atoms with Gasteiger partial charge in [0.2, 0.25) is 5.95 Å². The molecule has 0 N–H and O–H groups in total. The topological polar surface area (TPSA) is 47.5 Å². The summed E-state index contributed by atoms with van der Waals surface area (Å²) < 4.78 is 11.5. The summed E-state index contributed by atoms with van der Waals surface area (Å²) in [6.45, 7) is 1.45. The molecule has 1 saturated heterocycles. The molecule has 0 aromatic carbocycles. The lowest BCUT2D eigenvalue weighted by Gasteiger charge is -2.38. The van der Waals surface area contributed by atoms with Gasteiger partial charge in [0, 0.05) is 25.9 Å². The zero-order valence-electron chi connectivity index (χ0n) is 11.0. The molecule has 0 unspecified atom stereocenters. The van der Waals surface area contributed by atoms with Crippen molar-refractivity contribution in [3.63, 3.8) is 0 Å². The van der Waals surface area contributed by atoms with Crippen molar-refractivity contribution < 1.29 is 9.47 Å². The second kappa shape index (κ2) is 5.23. The molecule has 1 aromatic heterocycles. The van der Waals surface area contributed by atoms with Crippen LogP contribution in [0.2, 0.25) is 5.02 Å². The number of ether oxygens (including phenoxy) is 2. The number of halogens is 1. The Hall–Kier alpha value is -0.910. The van der Waals surface area contributed by atoms with E-state index < -0.39 is 0 Å². The third kappa shape index (κ3) is 2.68. The number of rotatable bonds is 2. The molecule has 0 atom stereocenters. The first-order valence-corrected chi connectivity index (χ1v) is 7.05. The van der Waals surface area contributed by atoms with Crippen molar-refractivity contribution in [3.05, 3.63) is 17.4 Å². The molecule has 2 fully saturated rings. The van der Waals surface area contributed by atoms with Crippen LogP contribution in [-0.2, 0) is 9.47 Å². The van der Waals surface area contributed by atoms with E-state index in [0.717, 1.165) is 44.8 Å². The third-order valence-electron chi connectivity index (χ3n) is 4.00. The van der Waals surface area contributed by atoms with Crippen LogP contribution in [0.15, 0.2) is 12.4 Å². The number of nitrogens with zero attached hydrogens (tertiary/aromatic N) is 3. The Bertz CT molecular complexity index is 424. The lowest BCUT2D eigenvalue weighted by Crippen LogP contribution is -2.43. The molecule has 3 rings (SSSR count). The maximum absolute atomic E-state index is 5.81. The van der Waals surface area contributed by atoms with Crippen molar-refractivity contribution in [2.45, 2.75) is 37.5 Å². The fourth-order valence-corrected chi connectivity index (χ4v) is 2.96. The summed E-state index contributed by atoms with van der Waals surface area (Å²) in [5.74, 6) is 0.414. The van der Waals surface area contributed by atoms with Crippen LogP contribution in [0.1, 0.15) is 25.7 Å². The predicted octanol–water partition coefficient (Wildman–Crippen LogP) is 2.25. The minimum absolute atomic E-state index is 0.307. The molecule has 5 nitrogen and oxygen atoms in total. The molecular weight excluding hydrogens is 266 g/mol. The first-order chi connectivity index (χ1) is 9.19. The normalized spacial score (nSPS) is 22.8. The minimum atomic E-state index is -0.307. The van der Waals surface area contributed by atoms with Crippen molar-refractivity contribution in [2.24, 2.45) is 0 Å².